The molecule has 0 bridgehead atoms. The highest BCUT2D eigenvalue weighted by Gasteiger charge is 2.43. The predicted molar refractivity (Wildman–Crippen MR) is 100 cm³/mol. The Labute approximate surface area is 147 Å². The van der Waals surface area contributed by atoms with Crippen LogP contribution in [0.1, 0.15) is 52.0 Å². The van der Waals surface area contributed by atoms with E-state index in [2.05, 4.69) is 61.3 Å². The van der Waals surface area contributed by atoms with Crippen LogP contribution in [0.15, 0.2) is 30.3 Å². The highest BCUT2D eigenvalue weighted by Crippen LogP contribution is 2.36. The topological polar surface area (TPSA) is 24.5 Å². The van der Waals surface area contributed by atoms with Crippen LogP contribution in [0.4, 0.5) is 0 Å². The van der Waals surface area contributed by atoms with Crippen LogP contribution in [0.3, 0.4) is 0 Å². The van der Waals surface area contributed by atoms with Crippen molar-refractivity contribution in [2.24, 2.45) is 5.41 Å². The first-order valence-electron chi connectivity index (χ1n) is 9.59. The number of nitrogens with zero attached hydrogens (tertiary/aromatic N) is 1. The molecule has 0 amide bonds. The fourth-order valence-corrected chi connectivity index (χ4v) is 4.42. The van der Waals surface area contributed by atoms with Crippen LogP contribution in [-0.4, -0.2) is 42.7 Å². The molecule has 2 aliphatic rings. The fourth-order valence-electron chi connectivity index (χ4n) is 4.42. The molecule has 1 N–H and O–H groups in total. The van der Waals surface area contributed by atoms with Gasteiger partial charge in [-0.15, -0.1) is 0 Å². The van der Waals surface area contributed by atoms with E-state index in [0.717, 1.165) is 26.3 Å². The van der Waals surface area contributed by atoms with Crippen LogP contribution in [-0.2, 0) is 11.3 Å². The van der Waals surface area contributed by atoms with E-state index < -0.39 is 0 Å². The van der Waals surface area contributed by atoms with Crippen molar-refractivity contribution >= 4 is 0 Å². The first-order chi connectivity index (χ1) is 11.5. The van der Waals surface area contributed by atoms with Gasteiger partial charge in [0.05, 0.1) is 13.2 Å². The van der Waals surface area contributed by atoms with Crippen LogP contribution in [0.2, 0.25) is 0 Å². The Morgan fingerprint density at radius 1 is 1.17 bits per heavy atom. The Hall–Kier alpha value is -0.900. The lowest BCUT2D eigenvalue weighted by Crippen LogP contribution is -2.66. The molecule has 2 fully saturated rings. The minimum Gasteiger partial charge on any atom is -0.375 e. The van der Waals surface area contributed by atoms with Gasteiger partial charge in [0, 0.05) is 31.2 Å². The van der Waals surface area contributed by atoms with Crippen LogP contribution in [0.5, 0.6) is 0 Å². The Kier molecular flexibility index (Phi) is 5.63. The van der Waals surface area contributed by atoms with Crippen LogP contribution in [0, 0.1) is 5.41 Å². The molecule has 1 saturated heterocycles. The van der Waals surface area contributed by atoms with Crippen LogP contribution in [0.25, 0.3) is 0 Å². The summed E-state index contributed by atoms with van der Waals surface area (Å²) in [7, 11) is 0. The summed E-state index contributed by atoms with van der Waals surface area (Å²) in [5, 5.41) is 3.91. The summed E-state index contributed by atoms with van der Waals surface area (Å²) in [5.74, 6) is 0. The SMILES string of the molecule is CC(C)(C)C1CNC2(CCCC2)CN1CCOCc1ccccc1. The molecular weight excluding hydrogens is 296 g/mol. The summed E-state index contributed by atoms with van der Waals surface area (Å²) < 4.78 is 5.97. The minimum atomic E-state index is 0.298. The largest absolute Gasteiger partial charge is 0.375 e. The summed E-state index contributed by atoms with van der Waals surface area (Å²) in [5.41, 5.74) is 1.94. The van der Waals surface area contributed by atoms with Crippen LogP contribution < -0.4 is 5.32 Å². The maximum atomic E-state index is 5.97. The van der Waals surface area contributed by atoms with Gasteiger partial charge in [-0.3, -0.25) is 4.90 Å². The molecule has 24 heavy (non-hydrogen) atoms. The normalized spacial score (nSPS) is 24.5. The number of hydrogen-bond acceptors (Lipinski definition) is 3. The molecule has 1 unspecified atom stereocenters. The fraction of sp³-hybridized carbons (Fsp3) is 0.714. The maximum absolute atomic E-state index is 5.97. The quantitative estimate of drug-likeness (QED) is 0.830. The van der Waals surface area contributed by atoms with E-state index >= 15 is 0 Å². The zero-order chi connectivity index (χ0) is 17.0. The van der Waals surface area contributed by atoms with Crippen molar-refractivity contribution in [2.45, 2.75) is 64.6 Å². The van der Waals surface area contributed by atoms with Crippen molar-refractivity contribution < 1.29 is 4.74 Å². The minimum absolute atomic E-state index is 0.298. The van der Waals surface area contributed by atoms with E-state index in [1.165, 1.54) is 37.8 Å². The third-order valence-electron chi connectivity index (χ3n) is 5.81. The Morgan fingerprint density at radius 3 is 2.54 bits per heavy atom. The van der Waals surface area contributed by atoms with Gasteiger partial charge in [-0.25, -0.2) is 0 Å². The molecule has 3 rings (SSSR count). The molecule has 0 radical (unpaired) electrons. The second kappa shape index (κ2) is 7.55. The lowest BCUT2D eigenvalue weighted by atomic mass is 9.81. The van der Waals surface area contributed by atoms with Crippen molar-refractivity contribution in [3.05, 3.63) is 35.9 Å². The third-order valence-corrected chi connectivity index (χ3v) is 5.81. The summed E-state index contributed by atoms with van der Waals surface area (Å²) >= 11 is 0. The molecule has 1 saturated carbocycles. The first kappa shape index (κ1) is 17.9. The number of benzene rings is 1. The molecule has 1 aromatic rings. The summed E-state index contributed by atoms with van der Waals surface area (Å²) in [6.07, 6.45) is 5.44. The van der Waals surface area contributed by atoms with Gasteiger partial charge < -0.3 is 10.1 Å². The number of hydrogen-bond donors (Lipinski definition) is 1. The van der Waals surface area contributed by atoms with Crippen molar-refractivity contribution in [1.29, 1.82) is 0 Å². The molecule has 3 nitrogen and oxygen atoms in total. The van der Waals surface area contributed by atoms with E-state index in [1.807, 2.05) is 0 Å². The van der Waals surface area contributed by atoms with E-state index in [-0.39, 0.29) is 0 Å². The molecule has 0 aromatic heterocycles. The van der Waals surface area contributed by atoms with Gasteiger partial charge in [0.2, 0.25) is 0 Å². The van der Waals surface area contributed by atoms with Gasteiger partial charge in [0.25, 0.3) is 0 Å². The first-order valence-corrected chi connectivity index (χ1v) is 9.59. The zero-order valence-corrected chi connectivity index (χ0v) is 15.7. The molecule has 1 aromatic carbocycles. The number of piperazine rings is 1. The Morgan fingerprint density at radius 2 is 1.88 bits per heavy atom. The van der Waals surface area contributed by atoms with Gasteiger partial charge in [-0.05, 0) is 23.8 Å². The van der Waals surface area contributed by atoms with Gasteiger partial charge in [-0.2, -0.15) is 0 Å². The van der Waals surface area contributed by atoms with Crippen molar-refractivity contribution in [1.82, 2.24) is 10.2 Å². The number of ether oxygens (including phenoxy) is 1. The van der Waals surface area contributed by atoms with Gasteiger partial charge in [-0.1, -0.05) is 63.9 Å². The molecular formula is C21H34N2O. The Balaban J connectivity index is 1.54. The second-order valence-electron chi connectivity index (χ2n) is 8.76. The zero-order valence-electron chi connectivity index (χ0n) is 15.7. The summed E-state index contributed by atoms with van der Waals surface area (Å²) in [6.45, 7) is 12.0. The number of nitrogens with one attached hydrogen (secondary N) is 1. The molecule has 1 atom stereocenters. The molecule has 3 heteroatoms. The van der Waals surface area contributed by atoms with Crippen molar-refractivity contribution in [2.75, 3.05) is 26.2 Å². The smallest absolute Gasteiger partial charge is 0.0717 e. The standard InChI is InChI=1S/C21H34N2O/c1-20(2,3)19-15-22-21(11-7-8-12-21)17-23(19)13-14-24-16-18-9-5-4-6-10-18/h4-6,9-10,19,22H,7-8,11-17H2,1-3H3. The monoisotopic (exact) mass is 330 g/mol. The van der Waals surface area contributed by atoms with Crippen LogP contribution >= 0.6 is 0 Å². The van der Waals surface area contributed by atoms with Gasteiger partial charge >= 0.3 is 0 Å². The summed E-state index contributed by atoms with van der Waals surface area (Å²) in [6, 6.07) is 11.1. The lowest BCUT2D eigenvalue weighted by Gasteiger charge is -2.50. The molecule has 1 heterocycles. The van der Waals surface area contributed by atoms with Crippen molar-refractivity contribution in [3.8, 4) is 0 Å². The van der Waals surface area contributed by atoms with Gasteiger partial charge in [0.15, 0.2) is 0 Å². The maximum Gasteiger partial charge on any atom is 0.0717 e. The molecule has 1 aliphatic heterocycles. The van der Waals surface area contributed by atoms with E-state index in [4.69, 9.17) is 4.74 Å². The second-order valence-corrected chi connectivity index (χ2v) is 8.76. The van der Waals surface area contributed by atoms with E-state index in [9.17, 15) is 0 Å². The third kappa shape index (κ3) is 4.38. The highest BCUT2D eigenvalue weighted by atomic mass is 16.5. The van der Waals surface area contributed by atoms with Gasteiger partial charge in [0.1, 0.15) is 0 Å². The molecule has 134 valence electrons. The van der Waals surface area contributed by atoms with E-state index in [1.54, 1.807) is 0 Å². The molecule has 1 aliphatic carbocycles. The summed E-state index contributed by atoms with van der Waals surface area (Å²) in [4.78, 5) is 2.70. The highest BCUT2D eigenvalue weighted by molar-refractivity contribution is 5.13. The number of rotatable bonds is 5. The molecule has 1 spiro atoms. The predicted octanol–water partition coefficient (Wildman–Crippen LogP) is 3.84. The average Bonchev–Trinajstić information content (AvgIpc) is 2.99. The average molecular weight is 331 g/mol. The van der Waals surface area contributed by atoms with E-state index in [0.29, 0.717) is 17.0 Å². The lowest BCUT2D eigenvalue weighted by molar-refractivity contribution is -0.000755. The Bertz CT molecular complexity index is 502. The van der Waals surface area contributed by atoms with Crippen molar-refractivity contribution in [3.63, 3.8) is 0 Å².